The minimum atomic E-state index is 0.473. The molecule has 0 atom stereocenters. The van der Waals surface area contributed by atoms with Crippen LogP contribution >= 0.6 is 23.8 Å². The van der Waals surface area contributed by atoms with E-state index in [0.29, 0.717) is 16.0 Å². The Balaban J connectivity index is 1.59. The molecule has 2 N–H and O–H groups in total. The second kappa shape index (κ2) is 7.68. The zero-order valence-corrected chi connectivity index (χ0v) is 15.7. The second-order valence-corrected chi connectivity index (χ2v) is 6.74. The highest BCUT2D eigenvalue weighted by Gasteiger charge is 2.04. The molecule has 0 bridgehead atoms. The molecule has 3 rings (SSSR count). The van der Waals surface area contributed by atoms with E-state index in [1.807, 2.05) is 42.1 Å². The van der Waals surface area contributed by atoms with E-state index in [4.69, 9.17) is 23.8 Å². The zero-order chi connectivity index (χ0) is 17.8. The lowest BCUT2D eigenvalue weighted by molar-refractivity contribution is 0.690. The molecule has 0 radical (unpaired) electrons. The third-order valence-corrected chi connectivity index (χ3v) is 4.39. The summed E-state index contributed by atoms with van der Waals surface area (Å²) >= 11 is 11.5. The Hall–Kier alpha value is -2.37. The molecule has 3 aromatic rings. The van der Waals surface area contributed by atoms with Gasteiger partial charge in [0.15, 0.2) is 10.9 Å². The molecule has 0 aliphatic heterocycles. The Labute approximate surface area is 157 Å². The van der Waals surface area contributed by atoms with Crippen molar-refractivity contribution in [1.29, 1.82) is 0 Å². The first kappa shape index (κ1) is 17.5. The summed E-state index contributed by atoms with van der Waals surface area (Å²) in [6, 6.07) is 16.0. The van der Waals surface area contributed by atoms with Crippen molar-refractivity contribution in [3.63, 3.8) is 0 Å². The summed E-state index contributed by atoms with van der Waals surface area (Å²) in [6.07, 6.45) is 1.92. The van der Waals surface area contributed by atoms with Crippen LogP contribution in [0, 0.1) is 13.8 Å². The van der Waals surface area contributed by atoms with Gasteiger partial charge in [-0.1, -0.05) is 47.5 Å². The fraction of sp³-hybridized carbons (Fsp3) is 0.158. The molecule has 0 unspecified atom stereocenters. The molecule has 1 heterocycles. The third kappa shape index (κ3) is 4.81. The minimum absolute atomic E-state index is 0.473. The van der Waals surface area contributed by atoms with E-state index in [0.717, 1.165) is 17.8 Å². The molecule has 0 aliphatic rings. The average Bonchev–Trinajstić information content (AvgIpc) is 3.00. The number of anilines is 2. The molecule has 1 aromatic heterocycles. The zero-order valence-electron chi connectivity index (χ0n) is 14.1. The number of benzene rings is 2. The average molecular weight is 371 g/mol. The monoisotopic (exact) mass is 370 g/mol. The van der Waals surface area contributed by atoms with Gasteiger partial charge in [0, 0.05) is 23.0 Å². The van der Waals surface area contributed by atoms with Gasteiger partial charge >= 0.3 is 0 Å². The maximum Gasteiger partial charge on any atom is 0.176 e. The highest BCUT2D eigenvalue weighted by Crippen LogP contribution is 2.20. The molecule has 0 amide bonds. The van der Waals surface area contributed by atoms with E-state index < -0.39 is 0 Å². The first-order chi connectivity index (χ1) is 12.0. The van der Waals surface area contributed by atoms with Gasteiger partial charge < -0.3 is 10.6 Å². The fourth-order valence-electron chi connectivity index (χ4n) is 2.35. The summed E-state index contributed by atoms with van der Waals surface area (Å²) in [5, 5.41) is 11.9. The molecule has 25 heavy (non-hydrogen) atoms. The molecule has 128 valence electrons. The fourth-order valence-corrected chi connectivity index (χ4v) is 2.75. The predicted octanol–water partition coefficient (Wildman–Crippen LogP) is 5.01. The van der Waals surface area contributed by atoms with E-state index in [-0.39, 0.29) is 0 Å². The number of aryl methyl sites for hydroxylation is 2. The van der Waals surface area contributed by atoms with Gasteiger partial charge in [0.25, 0.3) is 0 Å². The maximum absolute atomic E-state index is 6.13. The SMILES string of the molecule is Cc1ccc(Cn2ccc(NC(=S)Nc3ccc(C)c(Cl)c3)n2)cc1. The van der Waals surface area contributed by atoms with Crippen LogP contribution in [0.2, 0.25) is 5.02 Å². The van der Waals surface area contributed by atoms with Gasteiger partial charge in [-0.15, -0.1) is 0 Å². The Bertz CT molecular complexity index is 887. The highest BCUT2D eigenvalue weighted by atomic mass is 35.5. The molecular formula is C19H19ClN4S. The van der Waals surface area contributed by atoms with E-state index in [9.17, 15) is 0 Å². The summed E-state index contributed by atoms with van der Waals surface area (Å²) < 4.78 is 1.87. The van der Waals surface area contributed by atoms with Crippen LogP contribution in [-0.4, -0.2) is 14.9 Å². The number of aromatic nitrogens is 2. The van der Waals surface area contributed by atoms with Crippen LogP contribution in [-0.2, 0) is 6.54 Å². The van der Waals surface area contributed by atoms with Crippen LogP contribution in [0.4, 0.5) is 11.5 Å². The van der Waals surface area contributed by atoms with Gasteiger partial charge in [-0.25, -0.2) is 0 Å². The number of rotatable bonds is 4. The maximum atomic E-state index is 6.13. The predicted molar refractivity (Wildman–Crippen MR) is 109 cm³/mol. The summed E-state index contributed by atoms with van der Waals surface area (Å²) in [4.78, 5) is 0. The van der Waals surface area contributed by atoms with Crippen molar-refractivity contribution in [3.05, 3.63) is 76.4 Å². The van der Waals surface area contributed by atoms with Crippen molar-refractivity contribution >= 4 is 40.4 Å². The first-order valence-corrected chi connectivity index (χ1v) is 8.71. The van der Waals surface area contributed by atoms with E-state index in [1.165, 1.54) is 11.1 Å². The number of halogens is 1. The summed E-state index contributed by atoms with van der Waals surface area (Å²) in [7, 11) is 0. The number of nitrogens with one attached hydrogen (secondary N) is 2. The molecule has 0 spiro atoms. The molecule has 0 aliphatic carbocycles. The first-order valence-electron chi connectivity index (χ1n) is 7.93. The standard InChI is InChI=1S/C19H19ClN4S/c1-13-3-6-15(7-4-13)12-24-10-9-18(23-24)22-19(25)21-16-8-5-14(2)17(20)11-16/h3-11H,12H2,1-2H3,(H2,21,22,23,25). The van der Waals surface area contributed by atoms with Crippen LogP contribution in [0.1, 0.15) is 16.7 Å². The second-order valence-electron chi connectivity index (χ2n) is 5.93. The highest BCUT2D eigenvalue weighted by molar-refractivity contribution is 7.80. The van der Waals surface area contributed by atoms with Crippen molar-refractivity contribution in [2.24, 2.45) is 0 Å². The normalized spacial score (nSPS) is 10.5. The minimum Gasteiger partial charge on any atom is -0.332 e. The molecule has 0 saturated heterocycles. The van der Waals surface area contributed by atoms with E-state index in [1.54, 1.807) is 0 Å². The summed E-state index contributed by atoms with van der Waals surface area (Å²) in [5.74, 6) is 0.697. The Kier molecular flexibility index (Phi) is 5.36. The van der Waals surface area contributed by atoms with Gasteiger partial charge in [-0.05, 0) is 49.3 Å². The van der Waals surface area contributed by atoms with Gasteiger partial charge in [0.2, 0.25) is 0 Å². The van der Waals surface area contributed by atoms with Gasteiger partial charge in [0.05, 0.1) is 6.54 Å². The van der Waals surface area contributed by atoms with E-state index >= 15 is 0 Å². The Morgan fingerprint density at radius 3 is 2.56 bits per heavy atom. The number of hydrogen-bond acceptors (Lipinski definition) is 2. The number of hydrogen-bond donors (Lipinski definition) is 2. The number of thiocarbonyl (C=S) groups is 1. The quantitative estimate of drug-likeness (QED) is 0.633. The van der Waals surface area contributed by atoms with Crippen molar-refractivity contribution < 1.29 is 0 Å². The van der Waals surface area contributed by atoms with Gasteiger partial charge in [-0.3, -0.25) is 4.68 Å². The summed E-state index contributed by atoms with van der Waals surface area (Å²) in [5.41, 5.74) is 4.32. The van der Waals surface area contributed by atoms with Crippen LogP contribution < -0.4 is 10.6 Å². The topological polar surface area (TPSA) is 41.9 Å². The van der Waals surface area contributed by atoms with Crippen molar-refractivity contribution in [2.75, 3.05) is 10.6 Å². The van der Waals surface area contributed by atoms with Gasteiger partial charge in [0.1, 0.15) is 0 Å². The molecule has 2 aromatic carbocycles. The van der Waals surface area contributed by atoms with Crippen molar-refractivity contribution in [2.45, 2.75) is 20.4 Å². The van der Waals surface area contributed by atoms with Crippen LogP contribution in [0.3, 0.4) is 0 Å². The summed E-state index contributed by atoms with van der Waals surface area (Å²) in [6.45, 7) is 4.76. The lowest BCUT2D eigenvalue weighted by atomic mass is 10.1. The third-order valence-electron chi connectivity index (χ3n) is 3.78. The molecule has 4 nitrogen and oxygen atoms in total. The van der Waals surface area contributed by atoms with Gasteiger partial charge in [-0.2, -0.15) is 5.10 Å². The Morgan fingerprint density at radius 1 is 1.08 bits per heavy atom. The smallest absolute Gasteiger partial charge is 0.176 e. The van der Waals surface area contributed by atoms with Crippen LogP contribution in [0.15, 0.2) is 54.7 Å². The van der Waals surface area contributed by atoms with Crippen molar-refractivity contribution in [3.8, 4) is 0 Å². The molecule has 0 fully saturated rings. The van der Waals surface area contributed by atoms with Crippen LogP contribution in [0.5, 0.6) is 0 Å². The molecule has 0 saturated carbocycles. The lowest BCUT2D eigenvalue weighted by Gasteiger charge is -2.09. The molecule has 6 heteroatoms. The van der Waals surface area contributed by atoms with E-state index in [2.05, 4.69) is 46.9 Å². The molecular weight excluding hydrogens is 352 g/mol. The Morgan fingerprint density at radius 2 is 1.84 bits per heavy atom. The van der Waals surface area contributed by atoms with Crippen LogP contribution in [0.25, 0.3) is 0 Å². The lowest BCUT2D eigenvalue weighted by Crippen LogP contribution is -2.19. The number of nitrogens with zero attached hydrogens (tertiary/aromatic N) is 2. The largest absolute Gasteiger partial charge is 0.332 e. The van der Waals surface area contributed by atoms with Crippen molar-refractivity contribution in [1.82, 2.24) is 9.78 Å².